The Morgan fingerprint density at radius 1 is 1.16 bits per heavy atom. The van der Waals surface area contributed by atoms with Crippen LogP contribution in [0.1, 0.15) is 25.3 Å². The quantitative estimate of drug-likeness (QED) is 0.562. The van der Waals surface area contributed by atoms with Crippen LogP contribution in [0.25, 0.3) is 0 Å². The lowest BCUT2D eigenvalue weighted by Gasteiger charge is -2.29. The Kier molecular flexibility index (Phi) is 9.03. The van der Waals surface area contributed by atoms with E-state index in [1.807, 2.05) is 0 Å². The van der Waals surface area contributed by atoms with Crippen LogP contribution in [0, 0.1) is 5.82 Å². The molecule has 0 saturated heterocycles. The summed E-state index contributed by atoms with van der Waals surface area (Å²) in [5.41, 5.74) is 0.683. The Morgan fingerprint density at radius 3 is 2.44 bits per heavy atom. The minimum Gasteiger partial charge on any atom is -0.357 e. The number of benzene rings is 2. The first-order valence-electron chi connectivity index (χ1n) is 10.0. The standard InChI is InChI=1S/C22H27ClFN3O4S/c1-16(22(29)25-2)26(15-17-8-4-5-11-20(17)24)21(28)12-7-13-27(32(3,30)31)19-10-6-9-18(23)14-19/h4-6,8-11,14,16H,7,12-13,15H2,1-3H3,(H,25,29)/t16-/m0/s1. The molecule has 2 rings (SSSR count). The van der Waals surface area contributed by atoms with Gasteiger partial charge in [-0.05, 0) is 37.6 Å². The average Bonchev–Trinajstić information content (AvgIpc) is 2.74. The highest BCUT2D eigenvalue weighted by atomic mass is 35.5. The van der Waals surface area contributed by atoms with E-state index in [0.29, 0.717) is 10.7 Å². The van der Waals surface area contributed by atoms with Crippen LogP contribution in [0.15, 0.2) is 48.5 Å². The fraction of sp³-hybridized carbons (Fsp3) is 0.364. The maximum Gasteiger partial charge on any atom is 0.242 e. The number of amides is 2. The van der Waals surface area contributed by atoms with Gasteiger partial charge in [0.1, 0.15) is 11.9 Å². The number of anilines is 1. The zero-order valence-corrected chi connectivity index (χ0v) is 19.8. The number of likely N-dealkylation sites (N-methyl/N-ethyl adjacent to an activating group) is 1. The van der Waals surface area contributed by atoms with E-state index in [1.54, 1.807) is 43.3 Å². The summed E-state index contributed by atoms with van der Waals surface area (Å²) in [4.78, 5) is 26.4. The summed E-state index contributed by atoms with van der Waals surface area (Å²) in [7, 11) is -2.15. The summed E-state index contributed by atoms with van der Waals surface area (Å²) in [5.74, 6) is -1.24. The highest BCUT2D eigenvalue weighted by Crippen LogP contribution is 2.22. The molecule has 2 amide bonds. The van der Waals surface area contributed by atoms with Gasteiger partial charge < -0.3 is 10.2 Å². The molecule has 0 saturated carbocycles. The normalized spacial score (nSPS) is 12.2. The molecule has 0 spiro atoms. The number of hydrogen-bond acceptors (Lipinski definition) is 4. The topological polar surface area (TPSA) is 86.8 Å². The molecule has 1 atom stereocenters. The summed E-state index contributed by atoms with van der Waals surface area (Å²) in [6.45, 7) is 1.53. The largest absolute Gasteiger partial charge is 0.357 e. The van der Waals surface area contributed by atoms with Gasteiger partial charge in [-0.1, -0.05) is 35.9 Å². The first-order chi connectivity index (χ1) is 15.0. The molecular weight excluding hydrogens is 457 g/mol. The summed E-state index contributed by atoms with van der Waals surface area (Å²) in [6.07, 6.45) is 1.25. The Labute approximate surface area is 193 Å². The Morgan fingerprint density at radius 2 is 1.84 bits per heavy atom. The van der Waals surface area contributed by atoms with Crippen molar-refractivity contribution in [1.82, 2.24) is 10.2 Å². The van der Waals surface area contributed by atoms with Crippen LogP contribution in [-0.2, 0) is 26.2 Å². The number of halogens is 2. The fourth-order valence-corrected chi connectivity index (χ4v) is 4.38. The minimum atomic E-state index is -3.60. The number of carbonyl (C=O) groups excluding carboxylic acids is 2. The van der Waals surface area contributed by atoms with E-state index in [4.69, 9.17) is 11.6 Å². The SMILES string of the molecule is CNC(=O)[C@H](C)N(Cc1ccccc1F)C(=O)CCCN(c1cccc(Cl)c1)S(C)(=O)=O. The van der Waals surface area contributed by atoms with Crippen LogP contribution < -0.4 is 9.62 Å². The smallest absolute Gasteiger partial charge is 0.242 e. The lowest BCUT2D eigenvalue weighted by atomic mass is 10.1. The van der Waals surface area contributed by atoms with E-state index in [9.17, 15) is 22.4 Å². The molecule has 0 heterocycles. The predicted molar refractivity (Wildman–Crippen MR) is 123 cm³/mol. The van der Waals surface area contributed by atoms with Gasteiger partial charge in [0, 0.05) is 37.1 Å². The van der Waals surface area contributed by atoms with E-state index >= 15 is 0 Å². The third-order valence-corrected chi connectivity index (χ3v) is 6.39. The molecule has 0 unspecified atom stereocenters. The second-order valence-corrected chi connectivity index (χ2v) is 9.67. The maximum atomic E-state index is 14.1. The molecule has 2 aromatic rings. The van der Waals surface area contributed by atoms with E-state index in [-0.39, 0.29) is 43.3 Å². The molecule has 0 aliphatic carbocycles. The van der Waals surface area contributed by atoms with E-state index in [1.165, 1.54) is 28.4 Å². The Balaban J connectivity index is 2.15. The van der Waals surface area contributed by atoms with Crippen molar-refractivity contribution in [2.45, 2.75) is 32.4 Å². The molecule has 0 bridgehead atoms. The summed E-state index contributed by atoms with van der Waals surface area (Å²) < 4.78 is 39.8. The third-order valence-electron chi connectivity index (χ3n) is 4.96. The van der Waals surface area contributed by atoms with Crippen molar-refractivity contribution in [2.24, 2.45) is 0 Å². The van der Waals surface area contributed by atoms with E-state index < -0.39 is 21.9 Å². The zero-order valence-electron chi connectivity index (χ0n) is 18.2. The maximum absolute atomic E-state index is 14.1. The summed E-state index contributed by atoms with van der Waals surface area (Å²) in [6, 6.07) is 11.6. The van der Waals surface area contributed by atoms with Crippen LogP contribution in [0.4, 0.5) is 10.1 Å². The van der Waals surface area contributed by atoms with Crippen molar-refractivity contribution in [2.75, 3.05) is 24.2 Å². The van der Waals surface area contributed by atoms with Gasteiger partial charge in [0.25, 0.3) is 0 Å². The van der Waals surface area contributed by atoms with Gasteiger partial charge in [0.05, 0.1) is 11.9 Å². The van der Waals surface area contributed by atoms with Crippen molar-refractivity contribution in [3.05, 3.63) is 64.9 Å². The first-order valence-corrected chi connectivity index (χ1v) is 12.2. The van der Waals surface area contributed by atoms with Gasteiger partial charge in [-0.15, -0.1) is 0 Å². The molecule has 2 aromatic carbocycles. The second-order valence-electron chi connectivity index (χ2n) is 7.32. The highest BCUT2D eigenvalue weighted by Gasteiger charge is 2.26. The van der Waals surface area contributed by atoms with Gasteiger partial charge >= 0.3 is 0 Å². The van der Waals surface area contributed by atoms with Crippen molar-refractivity contribution < 1.29 is 22.4 Å². The van der Waals surface area contributed by atoms with Crippen molar-refractivity contribution in [3.63, 3.8) is 0 Å². The molecular formula is C22H27ClFN3O4S. The van der Waals surface area contributed by atoms with Gasteiger partial charge in [0.15, 0.2) is 0 Å². The highest BCUT2D eigenvalue weighted by molar-refractivity contribution is 7.92. The van der Waals surface area contributed by atoms with Crippen LogP contribution in [-0.4, -0.2) is 51.0 Å². The second kappa shape index (κ2) is 11.3. The summed E-state index contributed by atoms with van der Waals surface area (Å²) >= 11 is 5.98. The molecule has 0 radical (unpaired) electrons. The molecule has 0 aliphatic heterocycles. The van der Waals surface area contributed by atoms with Gasteiger partial charge in [-0.3, -0.25) is 13.9 Å². The van der Waals surface area contributed by atoms with Crippen LogP contribution in [0.2, 0.25) is 5.02 Å². The number of nitrogens with one attached hydrogen (secondary N) is 1. The Hall–Kier alpha value is -2.65. The van der Waals surface area contributed by atoms with E-state index in [2.05, 4.69) is 5.32 Å². The van der Waals surface area contributed by atoms with Crippen molar-refractivity contribution >= 4 is 39.1 Å². The Bertz CT molecular complexity index is 1060. The first kappa shape index (κ1) is 25.6. The fourth-order valence-electron chi connectivity index (χ4n) is 3.24. The predicted octanol–water partition coefficient (Wildman–Crippen LogP) is 3.19. The average molecular weight is 484 g/mol. The van der Waals surface area contributed by atoms with Crippen molar-refractivity contribution in [3.8, 4) is 0 Å². The van der Waals surface area contributed by atoms with Crippen LogP contribution in [0.3, 0.4) is 0 Å². The number of nitrogens with zero attached hydrogens (tertiary/aromatic N) is 2. The summed E-state index contributed by atoms with van der Waals surface area (Å²) in [5, 5.41) is 2.89. The number of sulfonamides is 1. The molecule has 0 aliphatic rings. The van der Waals surface area contributed by atoms with Crippen LogP contribution in [0.5, 0.6) is 0 Å². The number of hydrogen-bond donors (Lipinski definition) is 1. The van der Waals surface area contributed by atoms with Crippen molar-refractivity contribution in [1.29, 1.82) is 0 Å². The third kappa shape index (κ3) is 6.93. The number of rotatable bonds is 10. The van der Waals surface area contributed by atoms with Gasteiger partial charge in [-0.2, -0.15) is 0 Å². The zero-order chi connectivity index (χ0) is 23.9. The van der Waals surface area contributed by atoms with Gasteiger partial charge in [-0.25, -0.2) is 12.8 Å². The lowest BCUT2D eigenvalue weighted by molar-refractivity contribution is -0.140. The molecule has 32 heavy (non-hydrogen) atoms. The molecule has 0 fully saturated rings. The molecule has 7 nitrogen and oxygen atoms in total. The van der Waals surface area contributed by atoms with Crippen LogP contribution >= 0.6 is 11.6 Å². The number of carbonyl (C=O) groups is 2. The van der Waals surface area contributed by atoms with E-state index in [0.717, 1.165) is 6.26 Å². The molecule has 174 valence electrons. The minimum absolute atomic E-state index is 0.0254. The van der Waals surface area contributed by atoms with Gasteiger partial charge in [0.2, 0.25) is 21.8 Å². The molecule has 0 aromatic heterocycles. The molecule has 1 N–H and O–H groups in total. The molecule has 10 heteroatoms. The lowest BCUT2D eigenvalue weighted by Crippen LogP contribution is -2.47. The monoisotopic (exact) mass is 483 g/mol.